The summed E-state index contributed by atoms with van der Waals surface area (Å²) in [6.45, 7) is 3.89. The molecule has 20 heteroatoms. The fraction of sp³-hybridized carbons (Fsp3) is 0.262. The Morgan fingerprint density at radius 1 is 1.08 bits per heavy atom. The molecular formula is C42H36F3N7O9S. The van der Waals surface area contributed by atoms with Gasteiger partial charge in [-0.15, -0.1) is 0 Å². The van der Waals surface area contributed by atoms with Gasteiger partial charge in [0.25, 0.3) is 17.7 Å². The molecule has 0 aliphatic carbocycles. The number of thiocarbonyl (C=S) groups is 1. The largest absolute Gasteiger partial charge is 0.492 e. The van der Waals surface area contributed by atoms with Crippen LogP contribution in [0.4, 0.5) is 24.5 Å². The first kappa shape index (κ1) is 44.2. The Morgan fingerprint density at radius 2 is 1.84 bits per heavy atom. The minimum Gasteiger partial charge on any atom is -0.492 e. The number of nitrogens with one attached hydrogen (secondary N) is 2. The number of nitrogens with zero attached hydrogens (tertiary/aromatic N) is 5. The molecule has 16 nitrogen and oxygen atoms in total. The molecule has 0 radical (unpaired) electrons. The molecule has 3 aromatic carbocycles. The van der Waals surface area contributed by atoms with Crippen LogP contribution in [-0.4, -0.2) is 89.4 Å². The van der Waals surface area contributed by atoms with E-state index < -0.39 is 65.2 Å². The van der Waals surface area contributed by atoms with Crippen LogP contribution in [0, 0.1) is 35.7 Å². The number of halogens is 3. The van der Waals surface area contributed by atoms with Crippen LogP contribution in [0.1, 0.15) is 48.2 Å². The van der Waals surface area contributed by atoms with Crippen LogP contribution in [0.25, 0.3) is 11.3 Å². The Kier molecular flexibility index (Phi) is 12.9. The van der Waals surface area contributed by atoms with Crippen LogP contribution >= 0.6 is 12.2 Å². The van der Waals surface area contributed by atoms with Crippen molar-refractivity contribution in [2.24, 2.45) is 0 Å². The number of carbonyl (C=O) groups is 6. The summed E-state index contributed by atoms with van der Waals surface area (Å²) in [6.07, 6.45) is 1.39. The highest BCUT2D eigenvalue weighted by Gasteiger charge is 2.51. The monoisotopic (exact) mass is 871 g/mol. The predicted molar refractivity (Wildman–Crippen MR) is 217 cm³/mol. The van der Waals surface area contributed by atoms with Crippen LogP contribution in [0.2, 0.25) is 0 Å². The third kappa shape index (κ3) is 8.60. The molecule has 2 aliphatic rings. The summed E-state index contributed by atoms with van der Waals surface area (Å²) >= 11 is 5.57. The van der Waals surface area contributed by atoms with E-state index in [9.17, 15) is 34.0 Å². The highest BCUT2D eigenvalue weighted by atomic mass is 32.1. The van der Waals surface area contributed by atoms with E-state index in [0.717, 1.165) is 17.0 Å². The lowest BCUT2D eigenvalue weighted by Crippen LogP contribution is -2.53. The lowest BCUT2D eigenvalue weighted by molar-refractivity contribution is -0.139. The number of benzene rings is 3. The third-order valence-corrected chi connectivity index (χ3v) is 10.4. The van der Waals surface area contributed by atoms with E-state index in [1.807, 2.05) is 6.07 Å². The molecule has 2 saturated heterocycles. The van der Waals surface area contributed by atoms with Crippen molar-refractivity contribution >= 4 is 64.7 Å². The van der Waals surface area contributed by atoms with Crippen LogP contribution in [-0.2, 0) is 24.0 Å². The zero-order valence-corrected chi connectivity index (χ0v) is 34.2. The predicted octanol–water partition coefficient (Wildman–Crippen LogP) is 4.25. The molecule has 3 heterocycles. The lowest BCUT2D eigenvalue weighted by atomic mass is 10.0. The molecule has 0 spiro atoms. The second kappa shape index (κ2) is 18.1. The van der Waals surface area contributed by atoms with Crippen molar-refractivity contribution in [2.45, 2.75) is 45.2 Å². The molecular weight excluding hydrogens is 836 g/mol. The van der Waals surface area contributed by atoms with Gasteiger partial charge in [-0.1, -0.05) is 6.07 Å². The van der Waals surface area contributed by atoms with E-state index in [1.165, 1.54) is 74.5 Å². The Morgan fingerprint density at radius 3 is 2.50 bits per heavy atom. The summed E-state index contributed by atoms with van der Waals surface area (Å²) in [5.74, 6) is -6.50. The van der Waals surface area contributed by atoms with Gasteiger partial charge in [-0.3, -0.25) is 48.9 Å². The average Bonchev–Trinajstić information content (AvgIpc) is 3.41. The number of amides is 6. The zero-order chi connectivity index (χ0) is 45.0. The maximum absolute atomic E-state index is 15.7. The molecule has 2 fully saturated rings. The van der Waals surface area contributed by atoms with Crippen LogP contribution in [0.5, 0.6) is 17.2 Å². The number of hydrogen-bond donors (Lipinski definition) is 2. The summed E-state index contributed by atoms with van der Waals surface area (Å²) in [6, 6.07) is 12.2. The van der Waals surface area contributed by atoms with Gasteiger partial charge < -0.3 is 24.4 Å². The molecule has 62 heavy (non-hydrogen) atoms. The minimum atomic E-state index is -1.44. The van der Waals surface area contributed by atoms with Gasteiger partial charge in [-0.25, -0.2) is 13.2 Å². The highest BCUT2D eigenvalue weighted by Crippen LogP contribution is 2.40. The topological polar surface area (TPSA) is 201 Å². The molecule has 2 aliphatic heterocycles. The molecule has 1 atom stereocenters. The summed E-state index contributed by atoms with van der Waals surface area (Å²) in [5.41, 5.74) is -1.43. The Hall–Kier alpha value is -7.40. The number of carbonyl (C=O) groups excluding carboxylic acids is 6. The van der Waals surface area contributed by atoms with Gasteiger partial charge in [0.05, 0.1) is 36.8 Å². The smallest absolute Gasteiger partial charge is 0.261 e. The molecule has 0 saturated carbocycles. The van der Waals surface area contributed by atoms with Gasteiger partial charge in [-0.05, 0) is 87.4 Å². The SMILES string of the molecule is COc1c(C#N)ccc(N2C(=O)C(C)(C)N(c3cnc(-c4ccc(OCCNC(=O)COc5ccc(C)c(C(=O)N(C=O)C6CCC(=O)NC6=O)c5)c(F)c4)c(F)c3)C2=S)c1F. The number of rotatable bonds is 14. The normalized spacial score (nSPS) is 15.7. The third-order valence-electron chi connectivity index (χ3n) is 9.99. The maximum atomic E-state index is 15.7. The van der Waals surface area contributed by atoms with E-state index in [4.69, 9.17) is 26.4 Å². The van der Waals surface area contributed by atoms with Crippen molar-refractivity contribution in [2.75, 3.05) is 36.7 Å². The molecule has 4 aromatic rings. The van der Waals surface area contributed by atoms with Gasteiger partial charge in [0.2, 0.25) is 18.2 Å². The number of ether oxygens (including phenoxy) is 3. The van der Waals surface area contributed by atoms with Gasteiger partial charge in [0.1, 0.15) is 35.7 Å². The summed E-state index contributed by atoms with van der Waals surface area (Å²) in [5, 5.41) is 13.8. The zero-order valence-electron chi connectivity index (χ0n) is 33.4. The summed E-state index contributed by atoms with van der Waals surface area (Å²) < 4.78 is 62.3. The van der Waals surface area contributed by atoms with E-state index in [1.54, 1.807) is 6.92 Å². The number of imide groups is 2. The van der Waals surface area contributed by atoms with Crippen molar-refractivity contribution in [1.82, 2.24) is 20.5 Å². The van der Waals surface area contributed by atoms with Crippen molar-refractivity contribution in [1.29, 1.82) is 5.26 Å². The van der Waals surface area contributed by atoms with Crippen molar-refractivity contribution < 1.29 is 56.1 Å². The molecule has 6 rings (SSSR count). The number of pyridine rings is 1. The quantitative estimate of drug-likeness (QED) is 0.0790. The number of aromatic nitrogens is 1. The standard InChI is InChI=1S/C42H36F3N7O9S/c1-22-5-8-26(17-27(22)39(57)50(21-53)31-10-12-33(54)49-38(31)56)61-20-34(55)47-13-14-60-32-11-7-23(15-28(32)43)36-29(44)16-25(19-48-36)52-41(62)51(40(58)42(52,2)3)30-9-6-24(18-46)37(59-4)35(30)45/h5-9,11,15-17,19,21,31H,10,12-14,20H2,1-4H3,(H,47,55)(H,49,54,56). The van der Waals surface area contributed by atoms with E-state index in [-0.39, 0.29) is 88.5 Å². The first-order valence-corrected chi connectivity index (χ1v) is 19.1. The molecule has 1 aromatic heterocycles. The second-order valence-corrected chi connectivity index (χ2v) is 14.7. The number of aryl methyl sites for hydroxylation is 1. The molecule has 6 amide bonds. The van der Waals surface area contributed by atoms with Crippen molar-refractivity contribution in [3.63, 3.8) is 0 Å². The summed E-state index contributed by atoms with van der Waals surface area (Å²) in [4.78, 5) is 82.0. The average molecular weight is 872 g/mol. The van der Waals surface area contributed by atoms with Crippen LogP contribution in [0.15, 0.2) is 60.8 Å². The fourth-order valence-corrected chi connectivity index (χ4v) is 7.31. The fourth-order valence-electron chi connectivity index (χ4n) is 6.80. The molecule has 0 bridgehead atoms. The molecule has 320 valence electrons. The van der Waals surface area contributed by atoms with E-state index in [2.05, 4.69) is 15.6 Å². The van der Waals surface area contributed by atoms with Crippen LogP contribution in [0.3, 0.4) is 0 Å². The Labute approximate surface area is 357 Å². The molecule has 2 N–H and O–H groups in total. The summed E-state index contributed by atoms with van der Waals surface area (Å²) in [7, 11) is 1.18. The Balaban J connectivity index is 1.04. The van der Waals surface area contributed by atoms with Gasteiger partial charge in [0, 0.05) is 23.6 Å². The van der Waals surface area contributed by atoms with Crippen molar-refractivity contribution in [3.8, 4) is 34.6 Å². The van der Waals surface area contributed by atoms with Crippen LogP contribution < -0.4 is 34.6 Å². The highest BCUT2D eigenvalue weighted by molar-refractivity contribution is 7.81. The van der Waals surface area contributed by atoms with E-state index in [0.29, 0.717) is 10.5 Å². The second-order valence-electron chi connectivity index (χ2n) is 14.3. The maximum Gasteiger partial charge on any atom is 0.261 e. The van der Waals surface area contributed by atoms with Crippen molar-refractivity contribution in [3.05, 3.63) is 94.9 Å². The number of anilines is 2. The number of piperidine rings is 1. The van der Waals surface area contributed by atoms with E-state index >= 15 is 13.2 Å². The minimum absolute atomic E-state index is 0.0223. The van der Waals surface area contributed by atoms with Gasteiger partial charge >= 0.3 is 0 Å². The Bertz CT molecular complexity index is 2580. The number of nitriles is 1. The van der Waals surface area contributed by atoms with Gasteiger partial charge in [0.15, 0.2) is 40.7 Å². The first-order valence-electron chi connectivity index (χ1n) is 18.7. The number of hydrogen-bond acceptors (Lipinski definition) is 12. The molecule has 1 unspecified atom stereocenters. The van der Waals surface area contributed by atoms with Gasteiger partial charge in [-0.2, -0.15) is 5.26 Å². The first-order chi connectivity index (χ1) is 29.5. The number of methoxy groups -OCH3 is 1. The lowest BCUT2D eigenvalue weighted by Gasteiger charge is -2.29.